The predicted molar refractivity (Wildman–Crippen MR) is 59.4 cm³/mol. The van der Waals surface area contributed by atoms with Gasteiger partial charge in [-0.15, -0.1) is 0 Å². The van der Waals surface area contributed by atoms with Crippen LogP contribution in [0.4, 0.5) is 0 Å². The van der Waals surface area contributed by atoms with Crippen LogP contribution in [-0.2, 0) is 4.79 Å². The molecule has 2 rings (SSSR count). The second-order valence-electron chi connectivity index (χ2n) is 4.64. The van der Waals surface area contributed by atoms with Gasteiger partial charge in [-0.2, -0.15) is 0 Å². The van der Waals surface area contributed by atoms with Crippen molar-refractivity contribution in [2.45, 2.75) is 38.4 Å². The van der Waals surface area contributed by atoms with E-state index in [1.807, 2.05) is 18.9 Å². The maximum atomic E-state index is 11.8. The summed E-state index contributed by atoms with van der Waals surface area (Å²) in [5.41, 5.74) is 0. The van der Waals surface area contributed by atoms with E-state index >= 15 is 0 Å². The Balaban J connectivity index is 1.99. The zero-order chi connectivity index (χ0) is 10.8. The molecule has 2 heterocycles. The molecule has 0 bridgehead atoms. The van der Waals surface area contributed by atoms with Crippen molar-refractivity contribution < 1.29 is 4.79 Å². The molecule has 0 aromatic rings. The number of piperazine rings is 1. The normalized spacial score (nSPS) is 34.5. The Kier molecular flexibility index (Phi) is 3.26. The van der Waals surface area contributed by atoms with Gasteiger partial charge in [0.1, 0.15) is 0 Å². The molecule has 0 aromatic heterocycles. The largest absolute Gasteiger partial charge is 0.343 e. The smallest absolute Gasteiger partial charge is 0.239 e. The Morgan fingerprint density at radius 3 is 2.80 bits per heavy atom. The number of hydrogen-bond acceptors (Lipinski definition) is 3. The molecule has 1 amide bonds. The van der Waals surface area contributed by atoms with Crippen LogP contribution in [0.3, 0.4) is 0 Å². The van der Waals surface area contributed by atoms with E-state index in [1.54, 1.807) is 0 Å². The summed E-state index contributed by atoms with van der Waals surface area (Å²) in [6.45, 7) is 4.98. The first-order valence-electron chi connectivity index (χ1n) is 5.94. The van der Waals surface area contributed by atoms with Crippen LogP contribution in [0.15, 0.2) is 0 Å². The highest BCUT2D eigenvalue weighted by atomic mass is 16.2. The SMILES string of the molecule is CC1C(=O)N(C)CCN1C1CCCCN1. The van der Waals surface area contributed by atoms with Gasteiger partial charge in [-0.05, 0) is 32.7 Å². The number of nitrogens with one attached hydrogen (secondary N) is 1. The fourth-order valence-corrected chi connectivity index (χ4v) is 2.57. The van der Waals surface area contributed by atoms with Crippen molar-refractivity contribution in [1.29, 1.82) is 0 Å². The van der Waals surface area contributed by atoms with E-state index in [9.17, 15) is 4.79 Å². The highest BCUT2D eigenvalue weighted by molar-refractivity contribution is 5.82. The van der Waals surface area contributed by atoms with Crippen molar-refractivity contribution in [3.63, 3.8) is 0 Å². The zero-order valence-corrected chi connectivity index (χ0v) is 9.70. The fourth-order valence-electron chi connectivity index (χ4n) is 2.57. The predicted octanol–water partition coefficient (Wildman–Crippen LogP) is 0.248. The summed E-state index contributed by atoms with van der Waals surface area (Å²) in [4.78, 5) is 16.0. The monoisotopic (exact) mass is 211 g/mol. The number of carbonyl (C=O) groups is 1. The Morgan fingerprint density at radius 2 is 2.13 bits per heavy atom. The molecule has 4 heteroatoms. The number of amides is 1. The van der Waals surface area contributed by atoms with Crippen molar-refractivity contribution in [1.82, 2.24) is 15.1 Å². The maximum absolute atomic E-state index is 11.8. The van der Waals surface area contributed by atoms with Crippen molar-refractivity contribution in [2.24, 2.45) is 0 Å². The van der Waals surface area contributed by atoms with Gasteiger partial charge in [0, 0.05) is 20.1 Å². The molecule has 1 N–H and O–H groups in total. The second kappa shape index (κ2) is 4.49. The Bertz CT molecular complexity index is 238. The van der Waals surface area contributed by atoms with E-state index in [-0.39, 0.29) is 11.9 Å². The number of nitrogens with zero attached hydrogens (tertiary/aromatic N) is 2. The molecule has 0 aliphatic carbocycles. The average molecular weight is 211 g/mol. The first-order valence-corrected chi connectivity index (χ1v) is 5.94. The van der Waals surface area contributed by atoms with Crippen LogP contribution in [0.2, 0.25) is 0 Å². The first kappa shape index (κ1) is 10.9. The number of carbonyl (C=O) groups excluding carboxylic acids is 1. The summed E-state index contributed by atoms with van der Waals surface area (Å²) in [6.07, 6.45) is 4.16. The number of likely N-dealkylation sites (N-methyl/N-ethyl adjacent to an activating group) is 1. The number of piperidine rings is 1. The highest BCUT2D eigenvalue weighted by Crippen LogP contribution is 2.18. The molecule has 0 saturated carbocycles. The van der Waals surface area contributed by atoms with Crippen LogP contribution in [0.1, 0.15) is 26.2 Å². The summed E-state index contributed by atoms with van der Waals surface area (Å²) in [7, 11) is 1.89. The Hall–Kier alpha value is -0.610. The lowest BCUT2D eigenvalue weighted by Crippen LogP contribution is -2.61. The first-order chi connectivity index (χ1) is 7.20. The zero-order valence-electron chi connectivity index (χ0n) is 9.70. The van der Waals surface area contributed by atoms with Crippen LogP contribution in [0.5, 0.6) is 0 Å². The van der Waals surface area contributed by atoms with Gasteiger partial charge in [0.25, 0.3) is 0 Å². The molecule has 2 aliphatic heterocycles. The molecular weight excluding hydrogens is 190 g/mol. The van der Waals surface area contributed by atoms with Gasteiger partial charge in [0.15, 0.2) is 0 Å². The molecule has 0 spiro atoms. The summed E-state index contributed by atoms with van der Waals surface area (Å²) < 4.78 is 0. The van der Waals surface area contributed by atoms with Crippen molar-refractivity contribution in [2.75, 3.05) is 26.7 Å². The van der Waals surface area contributed by atoms with E-state index in [0.717, 1.165) is 19.6 Å². The number of hydrogen-bond donors (Lipinski definition) is 1. The van der Waals surface area contributed by atoms with E-state index < -0.39 is 0 Å². The lowest BCUT2D eigenvalue weighted by molar-refractivity contribution is -0.141. The van der Waals surface area contributed by atoms with E-state index in [2.05, 4.69) is 10.2 Å². The maximum Gasteiger partial charge on any atom is 0.239 e. The van der Waals surface area contributed by atoms with Crippen LogP contribution in [0, 0.1) is 0 Å². The van der Waals surface area contributed by atoms with Gasteiger partial charge in [-0.25, -0.2) is 0 Å². The topological polar surface area (TPSA) is 35.6 Å². The third-order valence-electron chi connectivity index (χ3n) is 3.61. The third kappa shape index (κ3) is 2.16. The van der Waals surface area contributed by atoms with Gasteiger partial charge in [0.05, 0.1) is 12.2 Å². The molecular formula is C11H21N3O. The van der Waals surface area contributed by atoms with Crippen LogP contribution < -0.4 is 5.32 Å². The fraction of sp³-hybridized carbons (Fsp3) is 0.909. The van der Waals surface area contributed by atoms with Crippen LogP contribution >= 0.6 is 0 Å². The summed E-state index contributed by atoms with van der Waals surface area (Å²) in [5, 5.41) is 3.51. The third-order valence-corrected chi connectivity index (χ3v) is 3.61. The lowest BCUT2D eigenvalue weighted by atomic mass is 10.1. The average Bonchev–Trinajstić information content (AvgIpc) is 2.27. The molecule has 15 heavy (non-hydrogen) atoms. The molecule has 2 fully saturated rings. The molecule has 4 nitrogen and oxygen atoms in total. The summed E-state index contributed by atoms with van der Waals surface area (Å²) in [6, 6.07) is 0.0411. The van der Waals surface area contributed by atoms with E-state index in [1.165, 1.54) is 19.3 Å². The van der Waals surface area contributed by atoms with Crippen LogP contribution in [0.25, 0.3) is 0 Å². The summed E-state index contributed by atoms with van der Waals surface area (Å²) >= 11 is 0. The van der Waals surface area contributed by atoms with Gasteiger partial charge in [-0.3, -0.25) is 9.69 Å². The lowest BCUT2D eigenvalue weighted by Gasteiger charge is -2.43. The molecule has 0 radical (unpaired) electrons. The molecule has 2 aliphatic rings. The second-order valence-corrected chi connectivity index (χ2v) is 4.64. The van der Waals surface area contributed by atoms with E-state index in [4.69, 9.17) is 0 Å². The minimum Gasteiger partial charge on any atom is -0.343 e. The molecule has 2 atom stereocenters. The van der Waals surface area contributed by atoms with Crippen molar-refractivity contribution in [3.05, 3.63) is 0 Å². The van der Waals surface area contributed by atoms with Crippen molar-refractivity contribution in [3.8, 4) is 0 Å². The quantitative estimate of drug-likeness (QED) is 0.675. The van der Waals surface area contributed by atoms with Gasteiger partial charge < -0.3 is 10.2 Å². The molecule has 2 unspecified atom stereocenters. The van der Waals surface area contributed by atoms with Crippen LogP contribution in [-0.4, -0.2) is 54.6 Å². The minimum atomic E-state index is 0.0411. The molecule has 0 aromatic carbocycles. The van der Waals surface area contributed by atoms with Gasteiger partial charge >= 0.3 is 0 Å². The van der Waals surface area contributed by atoms with Gasteiger partial charge in [-0.1, -0.05) is 0 Å². The standard InChI is InChI=1S/C11H21N3O/c1-9-11(15)13(2)7-8-14(9)10-5-3-4-6-12-10/h9-10,12H,3-8H2,1-2H3. The Morgan fingerprint density at radius 1 is 1.33 bits per heavy atom. The summed E-state index contributed by atoms with van der Waals surface area (Å²) in [5.74, 6) is 0.258. The number of rotatable bonds is 1. The molecule has 2 saturated heterocycles. The van der Waals surface area contributed by atoms with E-state index in [0.29, 0.717) is 6.17 Å². The Labute approximate surface area is 91.6 Å². The minimum absolute atomic E-state index is 0.0411. The molecule has 86 valence electrons. The van der Waals surface area contributed by atoms with Gasteiger partial charge in [0.2, 0.25) is 5.91 Å². The van der Waals surface area contributed by atoms with Crippen molar-refractivity contribution >= 4 is 5.91 Å². The highest BCUT2D eigenvalue weighted by Gasteiger charge is 2.34.